The van der Waals surface area contributed by atoms with Crippen molar-refractivity contribution in [3.8, 4) is 0 Å². The summed E-state index contributed by atoms with van der Waals surface area (Å²) in [5.74, 6) is -9.04. The molecule has 170 valence electrons. The van der Waals surface area contributed by atoms with E-state index in [0.29, 0.717) is 0 Å². The van der Waals surface area contributed by atoms with Crippen molar-refractivity contribution in [3.05, 3.63) is 0 Å². The van der Waals surface area contributed by atoms with Gasteiger partial charge in [0.25, 0.3) is 0 Å². The van der Waals surface area contributed by atoms with Gasteiger partial charge in [0.2, 0.25) is 0 Å². The first-order chi connectivity index (χ1) is 12.7. The van der Waals surface area contributed by atoms with Gasteiger partial charge in [-0.05, 0) is 0 Å². The summed E-state index contributed by atoms with van der Waals surface area (Å²) in [5, 5.41) is 16.7. The first-order valence-electron chi connectivity index (χ1n) is 6.58. The van der Waals surface area contributed by atoms with E-state index in [4.69, 9.17) is 20.7 Å². The molecule has 0 bridgehead atoms. The third kappa shape index (κ3) is 13.9. The number of hydrogen-bond acceptors (Lipinski definition) is 6. The Morgan fingerprint density at radius 2 is 1.31 bits per heavy atom. The van der Waals surface area contributed by atoms with Gasteiger partial charge in [-0.15, -0.1) is 0 Å². The molecule has 5 N–H and O–H groups in total. The lowest BCUT2D eigenvalue weighted by Gasteiger charge is -2.18. The number of carboxylic acids is 2. The van der Waals surface area contributed by atoms with Crippen LogP contribution in [0.5, 0.6) is 0 Å². The standard InChI is InChI=1S/C9H10F6N2O5.C2HF3O2/c10-8(11,12)1-3(16)6(20)22-2-4(5(18)19)17-7(21)9(13,14)15;3-2(4,5)1(6)7/h3-4H,1-2,16H2,(H,17,21)(H,18,19);(H,6,7)/t3?,4-;/m0./s1. The van der Waals surface area contributed by atoms with Gasteiger partial charge in [-0.25, -0.2) is 9.59 Å². The minimum Gasteiger partial charge on any atom is -0.480 e. The Balaban J connectivity index is 0. The lowest BCUT2D eigenvalue weighted by molar-refractivity contribution is -0.192. The predicted molar refractivity (Wildman–Crippen MR) is 68.9 cm³/mol. The molecule has 1 unspecified atom stereocenters. The summed E-state index contributed by atoms with van der Waals surface area (Å²) >= 11 is 0. The Bertz CT molecular complexity index is 601. The summed E-state index contributed by atoms with van der Waals surface area (Å²) in [6.45, 7) is -1.32. The average molecular weight is 454 g/mol. The predicted octanol–water partition coefficient (Wildman–Crippen LogP) is 0.574. The number of esters is 1. The maximum absolute atomic E-state index is 11.9. The molecule has 29 heavy (non-hydrogen) atoms. The number of halogens is 9. The molecule has 0 aliphatic carbocycles. The fraction of sp³-hybridized carbons (Fsp3) is 0.636. The number of ether oxygens (including phenoxy) is 1. The van der Waals surface area contributed by atoms with E-state index in [9.17, 15) is 53.9 Å². The Morgan fingerprint density at radius 1 is 0.897 bits per heavy atom. The second-order valence-corrected chi connectivity index (χ2v) is 4.72. The number of nitrogens with one attached hydrogen (secondary N) is 1. The number of carbonyl (C=O) groups is 4. The molecule has 2 atom stereocenters. The van der Waals surface area contributed by atoms with Crippen molar-refractivity contribution in [3.63, 3.8) is 0 Å². The third-order valence-corrected chi connectivity index (χ3v) is 2.25. The van der Waals surface area contributed by atoms with E-state index in [2.05, 4.69) is 4.74 Å². The Morgan fingerprint density at radius 3 is 1.59 bits per heavy atom. The molecular weight excluding hydrogens is 443 g/mol. The van der Waals surface area contributed by atoms with Crippen molar-refractivity contribution >= 4 is 23.8 Å². The lowest BCUT2D eigenvalue weighted by Crippen LogP contribution is -2.50. The van der Waals surface area contributed by atoms with Gasteiger partial charge >= 0.3 is 42.3 Å². The van der Waals surface area contributed by atoms with Crippen LogP contribution in [-0.2, 0) is 23.9 Å². The molecular formula is C11H11F9N2O7. The SMILES string of the molecule is NC(CC(F)(F)F)C(=O)OC[C@H](NC(=O)C(F)(F)F)C(=O)O.O=C(O)C(F)(F)F. The number of carboxylic acid groups (broad SMARTS) is 2. The highest BCUT2D eigenvalue weighted by molar-refractivity contribution is 5.87. The average Bonchev–Trinajstić information content (AvgIpc) is 2.47. The van der Waals surface area contributed by atoms with Crippen molar-refractivity contribution < 1.29 is 73.6 Å². The lowest BCUT2D eigenvalue weighted by atomic mass is 10.2. The number of nitrogens with two attached hydrogens (primary N) is 1. The minimum atomic E-state index is -5.38. The summed E-state index contributed by atoms with van der Waals surface area (Å²) < 4.78 is 107. The molecule has 18 heteroatoms. The van der Waals surface area contributed by atoms with Crippen LogP contribution in [0.4, 0.5) is 39.5 Å². The minimum absolute atomic E-state index is 0.995. The van der Waals surface area contributed by atoms with E-state index in [1.165, 1.54) is 0 Å². The van der Waals surface area contributed by atoms with Crippen LogP contribution in [-0.4, -0.2) is 71.2 Å². The molecule has 0 saturated carbocycles. The smallest absolute Gasteiger partial charge is 0.480 e. The van der Waals surface area contributed by atoms with Gasteiger partial charge in [-0.1, -0.05) is 0 Å². The van der Waals surface area contributed by atoms with E-state index in [0.717, 1.165) is 5.32 Å². The zero-order valence-electron chi connectivity index (χ0n) is 13.5. The van der Waals surface area contributed by atoms with E-state index in [-0.39, 0.29) is 0 Å². The number of alkyl halides is 9. The first-order valence-corrected chi connectivity index (χ1v) is 6.58. The topological polar surface area (TPSA) is 156 Å². The van der Waals surface area contributed by atoms with Crippen LogP contribution in [0.25, 0.3) is 0 Å². The normalized spacial score (nSPS) is 14.0. The Hall–Kier alpha value is -2.79. The fourth-order valence-corrected chi connectivity index (χ4v) is 1.02. The van der Waals surface area contributed by atoms with Crippen LogP contribution >= 0.6 is 0 Å². The van der Waals surface area contributed by atoms with Gasteiger partial charge in [0.05, 0.1) is 6.42 Å². The number of rotatable bonds is 6. The van der Waals surface area contributed by atoms with Crippen molar-refractivity contribution in [2.75, 3.05) is 6.61 Å². The second kappa shape index (κ2) is 10.7. The highest BCUT2D eigenvalue weighted by atomic mass is 19.4. The van der Waals surface area contributed by atoms with Gasteiger partial charge in [-0.2, -0.15) is 39.5 Å². The van der Waals surface area contributed by atoms with Crippen molar-refractivity contribution in [2.24, 2.45) is 5.73 Å². The molecule has 0 rings (SSSR count). The maximum Gasteiger partial charge on any atom is 0.490 e. The molecule has 0 saturated heterocycles. The third-order valence-electron chi connectivity index (χ3n) is 2.25. The van der Waals surface area contributed by atoms with Gasteiger partial charge in [-0.3, -0.25) is 9.59 Å². The number of aliphatic carboxylic acids is 2. The number of carbonyl (C=O) groups excluding carboxylic acids is 2. The maximum atomic E-state index is 11.9. The summed E-state index contributed by atoms with van der Waals surface area (Å²) in [7, 11) is 0. The molecule has 0 aliphatic rings. The van der Waals surface area contributed by atoms with Crippen molar-refractivity contribution in [1.82, 2.24) is 5.32 Å². The largest absolute Gasteiger partial charge is 0.490 e. The van der Waals surface area contributed by atoms with Crippen LogP contribution in [0, 0.1) is 0 Å². The molecule has 9 nitrogen and oxygen atoms in total. The molecule has 0 fully saturated rings. The van der Waals surface area contributed by atoms with Gasteiger partial charge in [0.15, 0.2) is 6.04 Å². The molecule has 0 spiro atoms. The van der Waals surface area contributed by atoms with Crippen molar-refractivity contribution in [2.45, 2.75) is 37.0 Å². The van der Waals surface area contributed by atoms with Crippen LogP contribution in [0.2, 0.25) is 0 Å². The highest BCUT2D eigenvalue weighted by Gasteiger charge is 2.41. The molecule has 0 aliphatic heterocycles. The second-order valence-electron chi connectivity index (χ2n) is 4.72. The van der Waals surface area contributed by atoms with E-state index in [1.807, 2.05) is 0 Å². The molecule has 0 heterocycles. The van der Waals surface area contributed by atoms with Gasteiger partial charge < -0.3 is 26.0 Å². The number of amides is 1. The first kappa shape index (κ1) is 28.4. The number of hydrogen-bond donors (Lipinski definition) is 4. The highest BCUT2D eigenvalue weighted by Crippen LogP contribution is 2.21. The molecule has 0 aromatic carbocycles. The van der Waals surface area contributed by atoms with Gasteiger partial charge in [0, 0.05) is 0 Å². The summed E-state index contributed by atoms with van der Waals surface area (Å²) in [5.41, 5.74) is 4.83. The fourth-order valence-electron chi connectivity index (χ4n) is 1.02. The quantitative estimate of drug-likeness (QED) is 0.336. The Labute approximate surface area is 153 Å². The van der Waals surface area contributed by atoms with Crippen molar-refractivity contribution in [1.29, 1.82) is 0 Å². The van der Waals surface area contributed by atoms with Crippen LogP contribution in [0.3, 0.4) is 0 Å². The molecule has 0 aromatic heterocycles. The zero-order valence-corrected chi connectivity index (χ0v) is 13.5. The van der Waals surface area contributed by atoms with Crippen LogP contribution < -0.4 is 11.1 Å². The summed E-state index contributed by atoms with van der Waals surface area (Å²) in [4.78, 5) is 41.1. The zero-order chi connectivity index (χ0) is 23.8. The Kier molecular flexibility index (Phi) is 10.5. The van der Waals surface area contributed by atoms with Crippen LogP contribution in [0.1, 0.15) is 6.42 Å². The molecule has 1 amide bonds. The molecule has 0 aromatic rings. The van der Waals surface area contributed by atoms with E-state index >= 15 is 0 Å². The monoisotopic (exact) mass is 454 g/mol. The van der Waals surface area contributed by atoms with E-state index < -0.39 is 67.5 Å². The molecule has 0 radical (unpaired) electrons. The van der Waals surface area contributed by atoms with Crippen LogP contribution in [0.15, 0.2) is 0 Å². The summed E-state index contributed by atoms with van der Waals surface area (Å²) in [6, 6.07) is -4.47. The van der Waals surface area contributed by atoms with E-state index in [1.54, 1.807) is 0 Å². The van der Waals surface area contributed by atoms with Gasteiger partial charge in [0.1, 0.15) is 12.6 Å². The summed E-state index contributed by atoms with van der Waals surface area (Å²) in [6.07, 6.45) is -17.0.